The predicted molar refractivity (Wildman–Crippen MR) is 88.3 cm³/mol. The van der Waals surface area contributed by atoms with Crippen LogP contribution in [0.15, 0.2) is 29.2 Å². The molecule has 1 aromatic rings. The molecule has 2 aliphatic heterocycles. The van der Waals surface area contributed by atoms with Crippen LogP contribution in [0, 0.1) is 5.41 Å². The molecule has 2 heterocycles. The van der Waals surface area contributed by atoms with Crippen molar-refractivity contribution in [3.8, 4) is 0 Å². The first-order chi connectivity index (χ1) is 9.92. The molecule has 5 nitrogen and oxygen atoms in total. The van der Waals surface area contributed by atoms with Crippen LogP contribution in [0.2, 0.25) is 0 Å². The van der Waals surface area contributed by atoms with Crippen LogP contribution in [0.1, 0.15) is 19.3 Å². The van der Waals surface area contributed by atoms with Crippen LogP contribution >= 0.6 is 12.4 Å². The lowest BCUT2D eigenvalue weighted by atomic mass is 9.78. The Labute approximate surface area is 137 Å². The van der Waals surface area contributed by atoms with Crippen LogP contribution in [0.25, 0.3) is 0 Å². The Balaban J connectivity index is 0.00000176. The number of anilines is 1. The summed E-state index contributed by atoms with van der Waals surface area (Å²) in [5.41, 5.74) is 0.587. The third kappa shape index (κ3) is 3.00. The summed E-state index contributed by atoms with van der Waals surface area (Å²) >= 11 is 0. The van der Waals surface area contributed by atoms with E-state index in [0.717, 1.165) is 44.6 Å². The number of hydrogen-bond donors (Lipinski definition) is 1. The van der Waals surface area contributed by atoms with Gasteiger partial charge in [0.1, 0.15) is 0 Å². The Morgan fingerprint density at radius 1 is 1.09 bits per heavy atom. The third-order valence-corrected chi connectivity index (χ3v) is 5.78. The minimum Gasteiger partial charge on any atom is -0.317 e. The van der Waals surface area contributed by atoms with Gasteiger partial charge in [-0.3, -0.25) is 4.79 Å². The fourth-order valence-corrected chi connectivity index (χ4v) is 3.94. The minimum absolute atomic E-state index is 0. The van der Waals surface area contributed by atoms with E-state index in [0.29, 0.717) is 0 Å². The van der Waals surface area contributed by atoms with E-state index in [9.17, 15) is 13.2 Å². The highest BCUT2D eigenvalue weighted by Crippen LogP contribution is 2.41. The fraction of sp³-hybridized carbons (Fsp3) is 0.533. The lowest BCUT2D eigenvalue weighted by Crippen LogP contribution is -2.42. The second-order valence-electron chi connectivity index (χ2n) is 6.00. The van der Waals surface area contributed by atoms with Crippen molar-refractivity contribution in [3.63, 3.8) is 0 Å². The Kier molecular flexibility index (Phi) is 4.84. The van der Waals surface area contributed by atoms with Gasteiger partial charge in [-0.25, -0.2) is 8.42 Å². The van der Waals surface area contributed by atoms with Crippen LogP contribution in [-0.4, -0.2) is 40.2 Å². The molecule has 1 amide bonds. The van der Waals surface area contributed by atoms with Gasteiger partial charge in [-0.05, 0) is 56.6 Å². The number of halogens is 1. The quantitative estimate of drug-likeness (QED) is 0.885. The van der Waals surface area contributed by atoms with Crippen LogP contribution < -0.4 is 10.2 Å². The van der Waals surface area contributed by atoms with Crippen LogP contribution in [0.4, 0.5) is 5.69 Å². The molecule has 1 aromatic carbocycles. The zero-order valence-electron chi connectivity index (χ0n) is 12.5. The van der Waals surface area contributed by atoms with Crippen molar-refractivity contribution < 1.29 is 13.2 Å². The molecule has 2 fully saturated rings. The number of hydrogen-bond acceptors (Lipinski definition) is 4. The van der Waals surface area contributed by atoms with Gasteiger partial charge in [0, 0.05) is 18.5 Å². The number of nitrogens with one attached hydrogen (secondary N) is 1. The van der Waals surface area contributed by atoms with Crippen LogP contribution in [0.3, 0.4) is 0 Å². The van der Waals surface area contributed by atoms with Gasteiger partial charge in [-0.15, -0.1) is 12.4 Å². The molecule has 1 spiro atoms. The summed E-state index contributed by atoms with van der Waals surface area (Å²) in [7, 11) is -3.20. The van der Waals surface area contributed by atoms with Crippen molar-refractivity contribution in [3.05, 3.63) is 24.3 Å². The van der Waals surface area contributed by atoms with Gasteiger partial charge in [0.15, 0.2) is 9.84 Å². The maximum atomic E-state index is 12.7. The summed E-state index contributed by atoms with van der Waals surface area (Å²) < 4.78 is 23.0. The first-order valence-corrected chi connectivity index (χ1v) is 9.14. The topological polar surface area (TPSA) is 66.5 Å². The van der Waals surface area contributed by atoms with Gasteiger partial charge in [0.25, 0.3) is 0 Å². The van der Waals surface area contributed by atoms with Crippen molar-refractivity contribution in [2.75, 3.05) is 30.8 Å². The number of carbonyl (C=O) groups excluding carboxylic acids is 1. The largest absolute Gasteiger partial charge is 0.317 e. The van der Waals surface area contributed by atoms with Gasteiger partial charge in [0.05, 0.1) is 10.3 Å². The smallest absolute Gasteiger partial charge is 0.233 e. The van der Waals surface area contributed by atoms with Crippen molar-refractivity contribution in [2.24, 2.45) is 5.41 Å². The highest BCUT2D eigenvalue weighted by molar-refractivity contribution is 7.90. The summed E-state index contributed by atoms with van der Waals surface area (Å²) in [4.78, 5) is 14.8. The second-order valence-corrected chi connectivity index (χ2v) is 8.02. The molecular formula is C15H21ClN2O3S. The van der Waals surface area contributed by atoms with E-state index >= 15 is 0 Å². The number of rotatable bonds is 2. The summed E-state index contributed by atoms with van der Waals surface area (Å²) in [5.74, 6) is 0.191. The summed E-state index contributed by atoms with van der Waals surface area (Å²) in [5, 5.41) is 3.30. The number of piperidine rings is 1. The van der Waals surface area contributed by atoms with E-state index in [1.807, 2.05) is 0 Å². The van der Waals surface area contributed by atoms with Crippen LogP contribution in [-0.2, 0) is 14.6 Å². The average Bonchev–Trinajstić information content (AvgIpc) is 2.76. The summed E-state index contributed by atoms with van der Waals surface area (Å²) in [6, 6.07) is 6.61. The van der Waals surface area contributed by atoms with E-state index in [1.54, 1.807) is 29.2 Å². The van der Waals surface area contributed by atoms with E-state index in [2.05, 4.69) is 5.32 Å². The summed E-state index contributed by atoms with van der Waals surface area (Å²) in [6.45, 7) is 2.51. The molecule has 1 N–H and O–H groups in total. The van der Waals surface area contributed by atoms with E-state index in [4.69, 9.17) is 0 Å². The molecule has 122 valence electrons. The molecule has 2 aliphatic rings. The van der Waals surface area contributed by atoms with Gasteiger partial charge in [-0.2, -0.15) is 0 Å². The normalized spacial score (nSPS) is 21.0. The molecule has 0 aromatic heterocycles. The number of amides is 1. The molecular weight excluding hydrogens is 324 g/mol. The molecule has 0 bridgehead atoms. The second kappa shape index (κ2) is 6.18. The standard InChI is InChI=1S/C15H20N2O3S.ClH/c1-21(19,20)13-4-2-12(3-5-13)17-11-8-15(14(17)18)6-9-16-10-7-15;/h2-5,16H,6-11H2,1H3;1H. The van der Waals surface area contributed by atoms with Gasteiger partial charge < -0.3 is 10.2 Å². The van der Waals surface area contributed by atoms with Crippen LogP contribution in [0.5, 0.6) is 0 Å². The molecule has 2 saturated heterocycles. The van der Waals surface area contributed by atoms with Gasteiger partial charge in [0.2, 0.25) is 5.91 Å². The lowest BCUT2D eigenvalue weighted by Gasteiger charge is -2.32. The number of nitrogens with zero attached hydrogens (tertiary/aromatic N) is 1. The fourth-order valence-electron chi connectivity index (χ4n) is 3.31. The first kappa shape index (κ1) is 17.2. The van der Waals surface area contributed by atoms with E-state index < -0.39 is 9.84 Å². The molecule has 0 radical (unpaired) electrons. The van der Waals surface area contributed by atoms with Crippen molar-refractivity contribution in [2.45, 2.75) is 24.2 Å². The zero-order chi connectivity index (χ0) is 15.1. The predicted octanol–water partition coefficient (Wildman–Crippen LogP) is 1.62. The highest BCUT2D eigenvalue weighted by Gasteiger charge is 2.47. The van der Waals surface area contributed by atoms with E-state index in [1.165, 1.54) is 6.26 Å². The minimum atomic E-state index is -3.20. The number of carbonyl (C=O) groups is 1. The van der Waals surface area contributed by atoms with Crippen molar-refractivity contribution >= 4 is 33.8 Å². The molecule has 22 heavy (non-hydrogen) atoms. The first-order valence-electron chi connectivity index (χ1n) is 7.25. The van der Waals surface area contributed by atoms with Gasteiger partial charge in [-0.1, -0.05) is 0 Å². The van der Waals surface area contributed by atoms with E-state index in [-0.39, 0.29) is 28.6 Å². The molecule has 0 aliphatic carbocycles. The number of benzene rings is 1. The Bertz CT molecular complexity index is 652. The average molecular weight is 345 g/mol. The van der Waals surface area contributed by atoms with Crippen molar-refractivity contribution in [1.29, 1.82) is 0 Å². The SMILES string of the molecule is CS(=O)(=O)c1ccc(N2CCC3(CCNCC3)C2=O)cc1.Cl. The molecule has 0 unspecified atom stereocenters. The Morgan fingerprint density at radius 2 is 1.68 bits per heavy atom. The monoisotopic (exact) mass is 344 g/mol. The molecule has 0 atom stereocenters. The van der Waals surface area contributed by atoms with Gasteiger partial charge >= 0.3 is 0 Å². The Morgan fingerprint density at radius 3 is 2.23 bits per heavy atom. The maximum absolute atomic E-state index is 12.7. The number of sulfone groups is 1. The molecule has 0 saturated carbocycles. The molecule has 3 rings (SSSR count). The summed E-state index contributed by atoms with van der Waals surface area (Å²) in [6.07, 6.45) is 3.86. The Hall–Kier alpha value is -1.11. The highest BCUT2D eigenvalue weighted by atomic mass is 35.5. The zero-order valence-corrected chi connectivity index (χ0v) is 14.2. The third-order valence-electron chi connectivity index (χ3n) is 4.65. The van der Waals surface area contributed by atoms with Crippen molar-refractivity contribution in [1.82, 2.24) is 5.32 Å². The maximum Gasteiger partial charge on any atom is 0.233 e. The lowest BCUT2D eigenvalue weighted by molar-refractivity contribution is -0.126. The molecule has 7 heteroatoms.